The Hall–Kier alpha value is -0.790. The number of aliphatic carboxylic acids is 1. The maximum absolute atomic E-state index is 10.1. The predicted molar refractivity (Wildman–Crippen MR) is 43.3 cm³/mol. The van der Waals surface area contributed by atoms with E-state index in [4.69, 9.17) is 5.11 Å². The van der Waals surface area contributed by atoms with Gasteiger partial charge in [0.05, 0.1) is 6.42 Å². The third kappa shape index (κ3) is 2.37. The van der Waals surface area contributed by atoms with Crippen LogP contribution in [0, 0.1) is 11.3 Å². The fourth-order valence-corrected chi connectivity index (χ4v) is 1.17. The third-order valence-corrected chi connectivity index (χ3v) is 2.25. The van der Waals surface area contributed by atoms with Crippen molar-refractivity contribution in [1.82, 2.24) is 0 Å². The third-order valence-electron chi connectivity index (χ3n) is 2.25. The van der Waals surface area contributed by atoms with Gasteiger partial charge in [0, 0.05) is 0 Å². The number of carbonyl (C=O) groups is 1. The fourth-order valence-electron chi connectivity index (χ4n) is 1.17. The fraction of sp³-hybridized carbons (Fsp3) is 0.667. The van der Waals surface area contributed by atoms with Crippen LogP contribution in [-0.4, -0.2) is 11.1 Å². The Morgan fingerprint density at radius 1 is 1.73 bits per heavy atom. The van der Waals surface area contributed by atoms with Gasteiger partial charge in [0.15, 0.2) is 0 Å². The second kappa shape index (κ2) is 2.68. The molecule has 2 nitrogen and oxygen atoms in total. The number of rotatable bonds is 3. The predicted octanol–water partition coefficient (Wildman–Crippen LogP) is 2.06. The Morgan fingerprint density at radius 2 is 2.27 bits per heavy atom. The summed E-state index contributed by atoms with van der Waals surface area (Å²) in [5.41, 5.74) is 0.426. The molecule has 0 aromatic carbocycles. The van der Waals surface area contributed by atoms with Crippen LogP contribution in [0.3, 0.4) is 0 Å². The van der Waals surface area contributed by atoms with Gasteiger partial charge in [-0.3, -0.25) is 4.79 Å². The topological polar surface area (TPSA) is 37.3 Å². The molecule has 1 unspecified atom stereocenters. The van der Waals surface area contributed by atoms with Crippen molar-refractivity contribution in [2.45, 2.75) is 26.7 Å². The van der Waals surface area contributed by atoms with E-state index in [1.54, 1.807) is 6.08 Å². The van der Waals surface area contributed by atoms with Crippen LogP contribution >= 0.6 is 0 Å². The largest absolute Gasteiger partial charge is 0.481 e. The molecule has 1 atom stereocenters. The number of hydrogen-bond acceptors (Lipinski definition) is 1. The first-order valence-electron chi connectivity index (χ1n) is 3.91. The van der Waals surface area contributed by atoms with Gasteiger partial charge >= 0.3 is 5.97 Å². The highest BCUT2D eigenvalue weighted by atomic mass is 16.4. The highest BCUT2D eigenvalue weighted by molar-refractivity contribution is 5.68. The molecule has 1 aliphatic rings. The van der Waals surface area contributed by atoms with Crippen molar-refractivity contribution in [2.75, 3.05) is 0 Å². The molecule has 0 radical (unpaired) electrons. The zero-order valence-electron chi connectivity index (χ0n) is 7.00. The quantitative estimate of drug-likeness (QED) is 0.632. The van der Waals surface area contributed by atoms with E-state index >= 15 is 0 Å². The van der Waals surface area contributed by atoms with E-state index in [0.29, 0.717) is 11.3 Å². The van der Waals surface area contributed by atoms with E-state index < -0.39 is 5.97 Å². The molecule has 0 bridgehead atoms. The van der Waals surface area contributed by atoms with Crippen molar-refractivity contribution in [3.05, 3.63) is 12.2 Å². The van der Waals surface area contributed by atoms with Crippen LogP contribution in [0.2, 0.25) is 0 Å². The molecule has 0 amide bonds. The molecule has 11 heavy (non-hydrogen) atoms. The normalized spacial score (nSPS) is 27.3. The zero-order chi connectivity index (χ0) is 8.48. The number of carboxylic acids is 1. The summed E-state index contributed by atoms with van der Waals surface area (Å²) >= 11 is 0. The van der Waals surface area contributed by atoms with Gasteiger partial charge in [0.25, 0.3) is 0 Å². The van der Waals surface area contributed by atoms with Crippen LogP contribution in [0.4, 0.5) is 0 Å². The highest BCUT2D eigenvalue weighted by Gasteiger charge is 2.43. The standard InChI is InChI=1S/C9H14O2/c1-9(2)6-7(9)4-3-5-8(10)11/h3-4,7H,5-6H2,1-2H3,(H,10,11)/b4-3+. The first-order valence-corrected chi connectivity index (χ1v) is 3.91. The average Bonchev–Trinajstić information content (AvgIpc) is 2.39. The van der Waals surface area contributed by atoms with Gasteiger partial charge < -0.3 is 5.11 Å². The molecule has 0 saturated heterocycles. The molecule has 62 valence electrons. The molecule has 0 aromatic rings. The Bertz CT molecular complexity index is 192. The van der Waals surface area contributed by atoms with E-state index in [9.17, 15) is 4.79 Å². The number of carboxylic acid groups (broad SMARTS) is 1. The molecule has 0 aliphatic heterocycles. The monoisotopic (exact) mass is 154 g/mol. The Morgan fingerprint density at radius 3 is 2.64 bits per heavy atom. The number of hydrogen-bond donors (Lipinski definition) is 1. The van der Waals surface area contributed by atoms with Gasteiger partial charge in [-0.25, -0.2) is 0 Å². The summed E-state index contributed by atoms with van der Waals surface area (Å²) in [7, 11) is 0. The summed E-state index contributed by atoms with van der Waals surface area (Å²) in [4.78, 5) is 10.1. The van der Waals surface area contributed by atoms with Gasteiger partial charge in [-0.05, 0) is 17.8 Å². The molecule has 1 aliphatic carbocycles. The Labute approximate surface area is 66.9 Å². The van der Waals surface area contributed by atoms with Gasteiger partial charge in [0.1, 0.15) is 0 Å². The first kappa shape index (κ1) is 8.31. The van der Waals surface area contributed by atoms with E-state index in [-0.39, 0.29) is 6.42 Å². The lowest BCUT2D eigenvalue weighted by molar-refractivity contribution is -0.136. The maximum atomic E-state index is 10.1. The van der Waals surface area contributed by atoms with Crippen molar-refractivity contribution in [1.29, 1.82) is 0 Å². The van der Waals surface area contributed by atoms with Gasteiger partial charge in [-0.15, -0.1) is 0 Å². The molecule has 1 fully saturated rings. The van der Waals surface area contributed by atoms with Gasteiger partial charge in [0.2, 0.25) is 0 Å². The molecule has 2 heteroatoms. The summed E-state index contributed by atoms with van der Waals surface area (Å²) in [6.07, 6.45) is 5.13. The summed E-state index contributed by atoms with van der Waals surface area (Å²) in [5, 5.41) is 8.33. The van der Waals surface area contributed by atoms with Crippen molar-refractivity contribution in [3.8, 4) is 0 Å². The molecular formula is C9H14O2. The Kier molecular flexibility index (Phi) is 2.03. The lowest BCUT2D eigenvalue weighted by atomic mass is 10.1. The smallest absolute Gasteiger partial charge is 0.307 e. The minimum Gasteiger partial charge on any atom is -0.481 e. The van der Waals surface area contributed by atoms with Crippen LogP contribution in [0.25, 0.3) is 0 Å². The summed E-state index contributed by atoms with van der Waals surface area (Å²) in [6.45, 7) is 4.39. The van der Waals surface area contributed by atoms with Crippen molar-refractivity contribution in [3.63, 3.8) is 0 Å². The molecule has 1 saturated carbocycles. The van der Waals surface area contributed by atoms with Crippen LogP contribution in [0.5, 0.6) is 0 Å². The second-order valence-corrected chi connectivity index (χ2v) is 3.83. The zero-order valence-corrected chi connectivity index (χ0v) is 7.00. The van der Waals surface area contributed by atoms with Crippen LogP contribution in [0.15, 0.2) is 12.2 Å². The SMILES string of the molecule is CC1(C)CC1/C=C/CC(=O)O. The van der Waals surface area contributed by atoms with Crippen molar-refractivity contribution >= 4 is 5.97 Å². The lowest BCUT2D eigenvalue weighted by Gasteiger charge is -1.94. The second-order valence-electron chi connectivity index (χ2n) is 3.83. The molecule has 0 spiro atoms. The molecule has 1 N–H and O–H groups in total. The van der Waals surface area contributed by atoms with Crippen molar-refractivity contribution < 1.29 is 9.90 Å². The van der Waals surface area contributed by atoms with E-state index in [1.807, 2.05) is 6.08 Å². The van der Waals surface area contributed by atoms with Crippen LogP contribution in [-0.2, 0) is 4.79 Å². The summed E-state index contributed by atoms with van der Waals surface area (Å²) in [5.74, 6) is -0.137. The van der Waals surface area contributed by atoms with E-state index in [1.165, 1.54) is 6.42 Å². The first-order chi connectivity index (χ1) is 5.02. The van der Waals surface area contributed by atoms with Gasteiger partial charge in [-0.1, -0.05) is 26.0 Å². The average molecular weight is 154 g/mol. The summed E-state index contributed by atoms with van der Waals surface area (Å²) in [6, 6.07) is 0. The van der Waals surface area contributed by atoms with Crippen LogP contribution in [0.1, 0.15) is 26.7 Å². The molecule has 0 aromatic heterocycles. The van der Waals surface area contributed by atoms with Crippen molar-refractivity contribution in [2.24, 2.45) is 11.3 Å². The maximum Gasteiger partial charge on any atom is 0.307 e. The Balaban J connectivity index is 2.23. The van der Waals surface area contributed by atoms with Crippen LogP contribution < -0.4 is 0 Å². The van der Waals surface area contributed by atoms with E-state index in [0.717, 1.165) is 0 Å². The molecule has 1 rings (SSSR count). The number of allylic oxidation sites excluding steroid dienone is 1. The lowest BCUT2D eigenvalue weighted by Crippen LogP contribution is -1.91. The van der Waals surface area contributed by atoms with E-state index in [2.05, 4.69) is 13.8 Å². The minimum absolute atomic E-state index is 0.159. The molecular weight excluding hydrogens is 140 g/mol. The molecule has 0 heterocycles. The highest BCUT2D eigenvalue weighted by Crippen LogP contribution is 2.52. The van der Waals surface area contributed by atoms with Gasteiger partial charge in [-0.2, -0.15) is 0 Å². The minimum atomic E-state index is -0.750. The summed E-state index contributed by atoms with van der Waals surface area (Å²) < 4.78 is 0.